The molecule has 2 amide bonds. The van der Waals surface area contributed by atoms with Crippen LogP contribution in [0.2, 0.25) is 0 Å². The van der Waals surface area contributed by atoms with E-state index in [4.69, 9.17) is 15.9 Å². The molecule has 2 heterocycles. The van der Waals surface area contributed by atoms with Crippen LogP contribution >= 0.6 is 22.7 Å². The fraction of sp³-hybridized carbons (Fsp3) is 0.370. The van der Waals surface area contributed by atoms with Gasteiger partial charge in [-0.3, -0.25) is 9.59 Å². The standard InChI is InChI=1S/C27H27N3O8S3/c1-4-12-30-18-11-10-16(25(33)37-2)13-20(18)40-27(30)29-22(32)15-41(35,36)14-21(31)28-24-23(26(34)38-3)17-8-6-5-7-9-19(17)39-24/h1,10-11,13H,5-9,12,14-15H2,2-3H3,(H,28,31). The maximum absolute atomic E-state index is 12.8. The number of carbonyl (C=O) groups excluding carboxylic acids is 4. The van der Waals surface area contributed by atoms with Gasteiger partial charge in [0.1, 0.15) is 16.5 Å². The van der Waals surface area contributed by atoms with Gasteiger partial charge in [-0.15, -0.1) is 17.8 Å². The van der Waals surface area contributed by atoms with Gasteiger partial charge in [0, 0.05) is 4.88 Å². The van der Waals surface area contributed by atoms with Crippen molar-refractivity contribution in [3.63, 3.8) is 0 Å². The molecule has 0 atom stereocenters. The summed E-state index contributed by atoms with van der Waals surface area (Å²) in [5, 5.41) is 2.78. The molecule has 0 spiro atoms. The Morgan fingerprint density at radius 3 is 2.49 bits per heavy atom. The van der Waals surface area contributed by atoms with Crippen molar-refractivity contribution in [1.82, 2.24) is 4.57 Å². The molecule has 41 heavy (non-hydrogen) atoms. The predicted molar refractivity (Wildman–Crippen MR) is 155 cm³/mol. The van der Waals surface area contributed by atoms with Crippen molar-refractivity contribution in [2.75, 3.05) is 31.0 Å². The molecule has 0 bridgehead atoms. The first-order valence-corrected chi connectivity index (χ1v) is 16.0. The largest absolute Gasteiger partial charge is 0.465 e. The second kappa shape index (κ2) is 12.8. The van der Waals surface area contributed by atoms with E-state index >= 15 is 0 Å². The van der Waals surface area contributed by atoms with E-state index in [-0.39, 0.29) is 27.5 Å². The third-order valence-corrected chi connectivity index (χ3v) is 9.97. The Balaban J connectivity index is 1.53. The van der Waals surface area contributed by atoms with Crippen LogP contribution in [0.1, 0.15) is 50.4 Å². The summed E-state index contributed by atoms with van der Waals surface area (Å²) in [7, 11) is -1.71. The summed E-state index contributed by atoms with van der Waals surface area (Å²) in [5.41, 5.74) is 1.97. The molecule has 0 radical (unpaired) electrons. The Morgan fingerprint density at radius 2 is 1.78 bits per heavy atom. The molecule has 3 aromatic rings. The van der Waals surface area contributed by atoms with Crippen molar-refractivity contribution < 1.29 is 37.1 Å². The monoisotopic (exact) mass is 617 g/mol. The summed E-state index contributed by atoms with van der Waals surface area (Å²) in [6, 6.07) is 4.74. The fourth-order valence-electron chi connectivity index (χ4n) is 4.54. The highest BCUT2D eigenvalue weighted by Gasteiger charge is 2.28. The van der Waals surface area contributed by atoms with Gasteiger partial charge in [0.05, 0.1) is 42.1 Å². The van der Waals surface area contributed by atoms with E-state index in [1.54, 1.807) is 22.8 Å². The summed E-state index contributed by atoms with van der Waals surface area (Å²) in [4.78, 5) is 54.9. The first-order chi connectivity index (χ1) is 19.6. The van der Waals surface area contributed by atoms with Crippen molar-refractivity contribution >= 4 is 71.5 Å². The number of anilines is 1. The van der Waals surface area contributed by atoms with Gasteiger partial charge in [-0.25, -0.2) is 18.0 Å². The molecule has 2 aromatic heterocycles. The number of thiazole rings is 1. The van der Waals surface area contributed by atoms with Crippen molar-refractivity contribution in [2.45, 2.75) is 38.6 Å². The Hall–Kier alpha value is -3.80. The molecule has 1 aliphatic rings. The zero-order valence-electron chi connectivity index (χ0n) is 22.4. The van der Waals surface area contributed by atoms with Gasteiger partial charge in [-0.2, -0.15) is 4.99 Å². The minimum absolute atomic E-state index is 0.0478. The van der Waals surface area contributed by atoms with Crippen molar-refractivity contribution in [2.24, 2.45) is 4.99 Å². The highest BCUT2D eigenvalue weighted by molar-refractivity contribution is 7.92. The number of nitrogens with one attached hydrogen (secondary N) is 1. The van der Waals surface area contributed by atoms with Crippen LogP contribution in [-0.2, 0) is 48.3 Å². The summed E-state index contributed by atoms with van der Waals surface area (Å²) < 4.78 is 37.3. The molecular formula is C27H27N3O8S3. The van der Waals surface area contributed by atoms with Crippen LogP contribution in [0.3, 0.4) is 0 Å². The molecule has 216 valence electrons. The van der Waals surface area contributed by atoms with Gasteiger partial charge >= 0.3 is 11.9 Å². The van der Waals surface area contributed by atoms with E-state index in [0.29, 0.717) is 16.6 Å². The number of rotatable bonds is 8. The number of nitrogens with zero attached hydrogens (tertiary/aromatic N) is 2. The van der Waals surface area contributed by atoms with Crippen LogP contribution in [0.15, 0.2) is 23.2 Å². The number of ether oxygens (including phenoxy) is 2. The number of hydrogen-bond acceptors (Lipinski definition) is 10. The fourth-order valence-corrected chi connectivity index (χ4v) is 7.93. The summed E-state index contributed by atoms with van der Waals surface area (Å²) in [6.07, 6.45) is 9.78. The third kappa shape index (κ3) is 6.92. The molecule has 0 unspecified atom stereocenters. The lowest BCUT2D eigenvalue weighted by Gasteiger charge is -2.07. The second-order valence-electron chi connectivity index (χ2n) is 9.20. The van der Waals surface area contributed by atoms with Crippen LogP contribution in [0.25, 0.3) is 10.2 Å². The predicted octanol–water partition coefficient (Wildman–Crippen LogP) is 2.72. The first kappa shape index (κ1) is 30.2. The molecule has 11 nitrogen and oxygen atoms in total. The second-order valence-corrected chi connectivity index (χ2v) is 13.4. The molecule has 1 aromatic carbocycles. The van der Waals surface area contributed by atoms with E-state index in [0.717, 1.165) is 47.5 Å². The molecular weight excluding hydrogens is 591 g/mol. The molecule has 4 rings (SSSR count). The van der Waals surface area contributed by atoms with Crippen molar-refractivity contribution in [1.29, 1.82) is 0 Å². The van der Waals surface area contributed by atoms with Crippen molar-refractivity contribution in [3.8, 4) is 12.3 Å². The minimum Gasteiger partial charge on any atom is -0.465 e. The molecule has 0 aliphatic heterocycles. The number of benzene rings is 1. The van der Waals surface area contributed by atoms with Gasteiger partial charge in [0.15, 0.2) is 14.6 Å². The van der Waals surface area contributed by atoms with Crippen LogP contribution in [0.5, 0.6) is 0 Å². The SMILES string of the molecule is C#CCn1c(=NC(=O)CS(=O)(=O)CC(=O)Nc2sc3c(c2C(=O)OC)CCCCC3)sc2cc(C(=O)OC)ccc21. The average molecular weight is 618 g/mol. The molecule has 14 heteroatoms. The molecule has 1 aliphatic carbocycles. The molecule has 0 saturated carbocycles. The Labute approximate surface area is 244 Å². The number of terminal acetylenes is 1. The minimum atomic E-state index is -4.22. The van der Waals surface area contributed by atoms with Crippen LogP contribution in [0, 0.1) is 12.3 Å². The number of aryl methyl sites for hydroxylation is 1. The Kier molecular flexibility index (Phi) is 9.42. The van der Waals surface area contributed by atoms with Gasteiger partial charge in [0.25, 0.3) is 5.91 Å². The van der Waals surface area contributed by atoms with Gasteiger partial charge in [-0.05, 0) is 49.4 Å². The van der Waals surface area contributed by atoms with E-state index in [2.05, 4.69) is 16.2 Å². The Bertz CT molecular complexity index is 1760. The number of fused-ring (bicyclic) bond motifs is 2. The molecule has 0 saturated heterocycles. The van der Waals surface area contributed by atoms with Crippen LogP contribution in [0.4, 0.5) is 5.00 Å². The van der Waals surface area contributed by atoms with Crippen LogP contribution in [-0.4, -0.2) is 62.5 Å². The normalized spacial score (nSPS) is 13.6. The maximum Gasteiger partial charge on any atom is 0.341 e. The zero-order valence-corrected chi connectivity index (χ0v) is 24.8. The van der Waals surface area contributed by atoms with Crippen molar-refractivity contribution in [3.05, 3.63) is 44.6 Å². The topological polar surface area (TPSA) is 150 Å². The number of sulfone groups is 1. The zero-order chi connectivity index (χ0) is 29.7. The van der Waals surface area contributed by atoms with Crippen LogP contribution < -0.4 is 10.1 Å². The lowest BCUT2D eigenvalue weighted by atomic mass is 10.1. The quantitative estimate of drug-likeness (QED) is 0.230. The average Bonchev–Trinajstić information content (AvgIpc) is 3.33. The number of hydrogen-bond donors (Lipinski definition) is 1. The van der Waals surface area contributed by atoms with Gasteiger partial charge in [0.2, 0.25) is 5.91 Å². The smallest absolute Gasteiger partial charge is 0.341 e. The summed E-state index contributed by atoms with van der Waals surface area (Å²) in [5.74, 6) is -2.52. The number of thiophene rings is 1. The van der Waals surface area contributed by atoms with E-state index in [1.807, 2.05) is 0 Å². The van der Waals surface area contributed by atoms with Gasteiger partial charge < -0.3 is 19.4 Å². The number of carbonyl (C=O) groups is 4. The number of aromatic nitrogens is 1. The summed E-state index contributed by atoms with van der Waals surface area (Å²) in [6.45, 7) is 0.0478. The molecule has 1 N–H and O–H groups in total. The number of methoxy groups -OCH3 is 2. The summed E-state index contributed by atoms with van der Waals surface area (Å²) >= 11 is 2.29. The maximum atomic E-state index is 12.8. The Morgan fingerprint density at radius 1 is 1.05 bits per heavy atom. The lowest BCUT2D eigenvalue weighted by Crippen LogP contribution is -2.28. The van der Waals surface area contributed by atoms with E-state index in [1.165, 1.54) is 25.6 Å². The van der Waals surface area contributed by atoms with Gasteiger partial charge in [-0.1, -0.05) is 23.7 Å². The highest BCUT2D eigenvalue weighted by atomic mass is 32.2. The molecule has 0 fully saturated rings. The third-order valence-electron chi connectivity index (χ3n) is 6.33. The highest BCUT2D eigenvalue weighted by Crippen LogP contribution is 2.38. The van der Waals surface area contributed by atoms with E-state index in [9.17, 15) is 27.6 Å². The first-order valence-electron chi connectivity index (χ1n) is 12.5. The lowest BCUT2D eigenvalue weighted by molar-refractivity contribution is -0.115. The number of amides is 2. The van der Waals surface area contributed by atoms with E-state index < -0.39 is 45.1 Å². The number of esters is 2.